The molecule has 1 amide bonds. The van der Waals surface area contributed by atoms with Crippen molar-refractivity contribution in [1.29, 1.82) is 0 Å². The van der Waals surface area contributed by atoms with E-state index in [1.165, 1.54) is 38.5 Å². The molecule has 2 heterocycles. The highest BCUT2D eigenvalue weighted by atomic mass is 16.1. The Bertz CT molecular complexity index is 601. The van der Waals surface area contributed by atoms with E-state index in [-0.39, 0.29) is 11.4 Å². The summed E-state index contributed by atoms with van der Waals surface area (Å²) in [5.41, 5.74) is 1.73. The summed E-state index contributed by atoms with van der Waals surface area (Å²) < 4.78 is 2.07. The summed E-state index contributed by atoms with van der Waals surface area (Å²) in [7, 11) is 0. The molecule has 0 aromatic carbocycles. The highest BCUT2D eigenvalue weighted by molar-refractivity contribution is 5.95. The minimum Gasteiger partial charge on any atom is -0.350 e. The monoisotopic (exact) mass is 346 g/mol. The summed E-state index contributed by atoms with van der Waals surface area (Å²) in [6.07, 6.45) is 9.23. The van der Waals surface area contributed by atoms with Crippen LogP contribution in [0.3, 0.4) is 0 Å². The van der Waals surface area contributed by atoms with E-state index in [0.29, 0.717) is 12.6 Å². The molecular formula is C20H34N4O. The normalized spacial score (nSPS) is 23.1. The van der Waals surface area contributed by atoms with Crippen LogP contribution in [0.2, 0.25) is 0 Å². The van der Waals surface area contributed by atoms with Crippen molar-refractivity contribution in [2.24, 2.45) is 5.92 Å². The Morgan fingerprint density at radius 3 is 2.68 bits per heavy atom. The van der Waals surface area contributed by atoms with Gasteiger partial charge >= 0.3 is 0 Å². The fourth-order valence-electron chi connectivity index (χ4n) is 4.41. The van der Waals surface area contributed by atoms with Gasteiger partial charge in [-0.05, 0) is 58.9 Å². The van der Waals surface area contributed by atoms with Crippen LogP contribution in [0.4, 0.5) is 0 Å². The molecule has 1 aliphatic heterocycles. The van der Waals surface area contributed by atoms with Gasteiger partial charge in [0.2, 0.25) is 0 Å². The first-order valence-corrected chi connectivity index (χ1v) is 9.96. The van der Waals surface area contributed by atoms with Gasteiger partial charge in [-0.2, -0.15) is 5.10 Å². The molecule has 1 atom stereocenters. The van der Waals surface area contributed by atoms with E-state index in [9.17, 15) is 4.79 Å². The van der Waals surface area contributed by atoms with Gasteiger partial charge in [0.25, 0.3) is 5.91 Å². The SMILES string of the molecule is Cc1c(C(=O)NCC(C)(C)N2CCCC(C)C2)cnn1C1CCCC1. The van der Waals surface area contributed by atoms with E-state index in [1.807, 2.05) is 6.92 Å². The minimum atomic E-state index is -0.0142. The van der Waals surface area contributed by atoms with Crippen LogP contribution >= 0.6 is 0 Å². The molecule has 1 saturated carbocycles. The lowest BCUT2D eigenvalue weighted by Crippen LogP contribution is -2.54. The largest absolute Gasteiger partial charge is 0.350 e. The summed E-state index contributed by atoms with van der Waals surface area (Å²) in [6.45, 7) is 11.7. The lowest BCUT2D eigenvalue weighted by molar-refractivity contribution is 0.0657. The Morgan fingerprint density at radius 1 is 1.28 bits per heavy atom. The predicted octanol–water partition coefficient (Wildman–Crippen LogP) is 3.55. The predicted molar refractivity (Wildman–Crippen MR) is 101 cm³/mol. The second-order valence-electron chi connectivity index (χ2n) is 8.72. The van der Waals surface area contributed by atoms with Gasteiger partial charge in [-0.15, -0.1) is 0 Å². The Hall–Kier alpha value is -1.36. The number of hydrogen-bond donors (Lipinski definition) is 1. The summed E-state index contributed by atoms with van der Waals surface area (Å²) >= 11 is 0. The van der Waals surface area contributed by atoms with Gasteiger partial charge in [0.15, 0.2) is 0 Å². The van der Waals surface area contributed by atoms with Gasteiger partial charge in [-0.3, -0.25) is 14.4 Å². The lowest BCUT2D eigenvalue weighted by atomic mass is 9.93. The number of nitrogens with zero attached hydrogens (tertiary/aromatic N) is 3. The number of likely N-dealkylation sites (tertiary alicyclic amines) is 1. The third-order valence-electron chi connectivity index (χ3n) is 6.15. The number of amides is 1. The molecule has 1 aromatic rings. The molecule has 2 fully saturated rings. The van der Waals surface area contributed by atoms with Crippen molar-refractivity contribution < 1.29 is 4.79 Å². The minimum absolute atomic E-state index is 0.0138. The van der Waals surface area contributed by atoms with Crippen molar-refractivity contribution in [3.63, 3.8) is 0 Å². The zero-order chi connectivity index (χ0) is 18.0. The Morgan fingerprint density at radius 2 is 2.00 bits per heavy atom. The third kappa shape index (κ3) is 4.08. The number of aromatic nitrogens is 2. The summed E-state index contributed by atoms with van der Waals surface area (Å²) in [5, 5.41) is 7.67. The van der Waals surface area contributed by atoms with Crippen LogP contribution in [-0.4, -0.2) is 45.8 Å². The number of hydrogen-bond acceptors (Lipinski definition) is 3. The molecule has 3 rings (SSSR count). The maximum atomic E-state index is 12.7. The quantitative estimate of drug-likeness (QED) is 0.887. The van der Waals surface area contributed by atoms with E-state index < -0.39 is 0 Å². The fraction of sp³-hybridized carbons (Fsp3) is 0.800. The van der Waals surface area contributed by atoms with Gasteiger partial charge in [-0.1, -0.05) is 19.8 Å². The molecule has 25 heavy (non-hydrogen) atoms. The molecule has 140 valence electrons. The average molecular weight is 347 g/mol. The second-order valence-corrected chi connectivity index (χ2v) is 8.72. The molecule has 1 aromatic heterocycles. The number of piperidine rings is 1. The van der Waals surface area contributed by atoms with Gasteiger partial charge in [0.05, 0.1) is 17.8 Å². The first-order chi connectivity index (χ1) is 11.9. The zero-order valence-corrected chi connectivity index (χ0v) is 16.3. The number of carbonyl (C=O) groups is 1. The van der Waals surface area contributed by atoms with E-state index >= 15 is 0 Å². The second kappa shape index (κ2) is 7.48. The highest BCUT2D eigenvalue weighted by Gasteiger charge is 2.31. The van der Waals surface area contributed by atoms with Crippen molar-refractivity contribution in [2.75, 3.05) is 19.6 Å². The number of carbonyl (C=O) groups excluding carboxylic acids is 1. The molecule has 5 heteroatoms. The van der Waals surface area contributed by atoms with Crippen LogP contribution < -0.4 is 5.32 Å². The van der Waals surface area contributed by atoms with Gasteiger partial charge in [0.1, 0.15) is 0 Å². The molecule has 0 bridgehead atoms. The van der Waals surface area contributed by atoms with E-state index in [1.54, 1.807) is 6.20 Å². The van der Waals surface area contributed by atoms with E-state index in [0.717, 1.165) is 30.3 Å². The zero-order valence-electron chi connectivity index (χ0n) is 16.3. The van der Waals surface area contributed by atoms with Crippen molar-refractivity contribution in [3.05, 3.63) is 17.5 Å². The van der Waals surface area contributed by atoms with Gasteiger partial charge in [0, 0.05) is 24.3 Å². The van der Waals surface area contributed by atoms with Crippen molar-refractivity contribution in [1.82, 2.24) is 20.0 Å². The van der Waals surface area contributed by atoms with Crippen molar-refractivity contribution in [3.8, 4) is 0 Å². The first-order valence-electron chi connectivity index (χ1n) is 9.96. The standard InChI is InChI=1S/C20H34N4O/c1-15-8-7-11-23(13-15)20(3,4)14-21-19(25)18-12-22-24(16(18)2)17-9-5-6-10-17/h12,15,17H,5-11,13-14H2,1-4H3,(H,21,25). The molecule has 2 aliphatic rings. The summed E-state index contributed by atoms with van der Waals surface area (Å²) in [4.78, 5) is 15.2. The van der Waals surface area contributed by atoms with Gasteiger partial charge in [-0.25, -0.2) is 0 Å². The molecule has 0 radical (unpaired) electrons. The maximum Gasteiger partial charge on any atom is 0.254 e. The van der Waals surface area contributed by atoms with Crippen molar-refractivity contribution >= 4 is 5.91 Å². The van der Waals surface area contributed by atoms with Gasteiger partial charge < -0.3 is 5.32 Å². The Labute approximate surface area is 152 Å². The number of rotatable bonds is 5. The molecule has 1 saturated heterocycles. The molecular weight excluding hydrogens is 312 g/mol. The molecule has 5 nitrogen and oxygen atoms in total. The molecule has 1 aliphatic carbocycles. The average Bonchev–Trinajstić information content (AvgIpc) is 3.22. The van der Waals surface area contributed by atoms with Crippen LogP contribution in [0, 0.1) is 12.8 Å². The van der Waals surface area contributed by atoms with Crippen LogP contribution in [0.1, 0.15) is 81.4 Å². The van der Waals surface area contributed by atoms with Crippen LogP contribution in [0.25, 0.3) is 0 Å². The Kier molecular flexibility index (Phi) is 5.52. The fourth-order valence-corrected chi connectivity index (χ4v) is 4.41. The van der Waals surface area contributed by atoms with Crippen LogP contribution in [0.15, 0.2) is 6.20 Å². The maximum absolute atomic E-state index is 12.7. The first kappa shape index (κ1) is 18.4. The Balaban J connectivity index is 1.60. The topological polar surface area (TPSA) is 50.2 Å². The summed E-state index contributed by atoms with van der Waals surface area (Å²) in [5.74, 6) is 0.760. The van der Waals surface area contributed by atoms with Crippen LogP contribution in [-0.2, 0) is 0 Å². The summed E-state index contributed by atoms with van der Waals surface area (Å²) in [6, 6.07) is 0.479. The molecule has 0 spiro atoms. The van der Waals surface area contributed by atoms with Crippen molar-refractivity contribution in [2.45, 2.75) is 77.8 Å². The lowest BCUT2D eigenvalue weighted by Gasteiger charge is -2.43. The van der Waals surface area contributed by atoms with Crippen LogP contribution in [0.5, 0.6) is 0 Å². The third-order valence-corrected chi connectivity index (χ3v) is 6.15. The van der Waals surface area contributed by atoms with E-state index in [2.05, 4.69) is 40.8 Å². The molecule has 1 unspecified atom stereocenters. The number of nitrogens with one attached hydrogen (secondary N) is 1. The highest BCUT2D eigenvalue weighted by Crippen LogP contribution is 2.30. The smallest absolute Gasteiger partial charge is 0.254 e. The van der Waals surface area contributed by atoms with E-state index in [4.69, 9.17) is 0 Å². The molecule has 1 N–H and O–H groups in total.